The first-order chi connectivity index (χ1) is 10.7. The van der Waals surface area contributed by atoms with Crippen LogP contribution in [0.15, 0.2) is 47.8 Å². The Bertz CT molecular complexity index is 697. The Morgan fingerprint density at radius 3 is 2.91 bits per heavy atom. The summed E-state index contributed by atoms with van der Waals surface area (Å²) >= 11 is 0. The van der Waals surface area contributed by atoms with Crippen molar-refractivity contribution in [3.63, 3.8) is 0 Å². The third kappa shape index (κ3) is 3.36. The van der Waals surface area contributed by atoms with E-state index in [2.05, 4.69) is 15.1 Å². The first-order valence-corrected chi connectivity index (χ1v) is 7.43. The van der Waals surface area contributed by atoms with Gasteiger partial charge < -0.3 is 0 Å². The van der Waals surface area contributed by atoms with Gasteiger partial charge in [0.15, 0.2) is 0 Å². The van der Waals surface area contributed by atoms with Gasteiger partial charge in [-0.15, -0.1) is 0 Å². The summed E-state index contributed by atoms with van der Waals surface area (Å²) in [4.78, 5) is 20.5. The van der Waals surface area contributed by atoms with Crippen molar-refractivity contribution in [3.05, 3.63) is 59.7 Å². The van der Waals surface area contributed by atoms with Crippen LogP contribution >= 0.6 is 0 Å². The molecule has 22 heavy (non-hydrogen) atoms. The smallest absolute Gasteiger partial charge is 0.242 e. The maximum Gasteiger partial charge on any atom is 0.242 e. The Kier molecular flexibility index (Phi) is 4.23. The van der Waals surface area contributed by atoms with Crippen LogP contribution in [-0.2, 0) is 11.2 Å². The van der Waals surface area contributed by atoms with Crippen molar-refractivity contribution < 1.29 is 4.79 Å². The number of hydrogen-bond donors (Lipinski definition) is 0. The number of amides is 1. The minimum Gasteiger partial charge on any atom is -0.273 e. The summed E-state index contributed by atoms with van der Waals surface area (Å²) in [5.74, 6) is 0.0799. The van der Waals surface area contributed by atoms with Crippen molar-refractivity contribution in [2.75, 3.05) is 6.54 Å². The SMILES string of the molecule is Cc1cccc(/C(Cc2cccnc2)=N/N2CCCC2=O)n1. The first kappa shape index (κ1) is 14.4. The van der Waals surface area contributed by atoms with Crippen LogP contribution in [0.3, 0.4) is 0 Å². The number of rotatable bonds is 4. The van der Waals surface area contributed by atoms with Gasteiger partial charge in [0.25, 0.3) is 0 Å². The van der Waals surface area contributed by atoms with E-state index in [-0.39, 0.29) is 5.91 Å². The van der Waals surface area contributed by atoms with Crippen molar-refractivity contribution in [2.24, 2.45) is 5.10 Å². The Morgan fingerprint density at radius 1 is 1.32 bits per heavy atom. The molecule has 5 nitrogen and oxygen atoms in total. The molecule has 5 heteroatoms. The molecule has 0 unspecified atom stereocenters. The van der Waals surface area contributed by atoms with Crippen molar-refractivity contribution in [1.29, 1.82) is 0 Å². The predicted octanol–water partition coefficient (Wildman–Crippen LogP) is 2.35. The molecule has 0 N–H and O–H groups in total. The van der Waals surface area contributed by atoms with Crippen LogP contribution in [0.25, 0.3) is 0 Å². The van der Waals surface area contributed by atoms with E-state index in [9.17, 15) is 4.79 Å². The first-order valence-electron chi connectivity index (χ1n) is 7.43. The zero-order chi connectivity index (χ0) is 15.4. The van der Waals surface area contributed by atoms with Gasteiger partial charge in [-0.3, -0.25) is 14.8 Å². The Hall–Kier alpha value is -2.56. The highest BCUT2D eigenvalue weighted by Crippen LogP contribution is 2.13. The van der Waals surface area contributed by atoms with E-state index in [1.54, 1.807) is 11.2 Å². The highest BCUT2D eigenvalue weighted by atomic mass is 16.2. The summed E-state index contributed by atoms with van der Waals surface area (Å²) in [6, 6.07) is 9.75. The summed E-state index contributed by atoms with van der Waals surface area (Å²) < 4.78 is 0. The fourth-order valence-corrected chi connectivity index (χ4v) is 2.46. The monoisotopic (exact) mass is 294 g/mol. The zero-order valence-corrected chi connectivity index (χ0v) is 12.6. The van der Waals surface area contributed by atoms with Gasteiger partial charge in [0.1, 0.15) is 0 Å². The number of hydrazone groups is 1. The van der Waals surface area contributed by atoms with Crippen LogP contribution in [0.4, 0.5) is 0 Å². The van der Waals surface area contributed by atoms with E-state index < -0.39 is 0 Å². The van der Waals surface area contributed by atoms with E-state index >= 15 is 0 Å². The molecule has 1 saturated heterocycles. The molecule has 112 valence electrons. The van der Waals surface area contributed by atoms with E-state index in [0.717, 1.165) is 29.1 Å². The van der Waals surface area contributed by atoms with Gasteiger partial charge in [-0.05, 0) is 37.1 Å². The fourth-order valence-electron chi connectivity index (χ4n) is 2.46. The predicted molar refractivity (Wildman–Crippen MR) is 84.4 cm³/mol. The lowest BCUT2D eigenvalue weighted by Crippen LogP contribution is -2.22. The van der Waals surface area contributed by atoms with Crippen LogP contribution in [0.1, 0.15) is 29.8 Å². The molecule has 0 aromatic carbocycles. The maximum atomic E-state index is 11.8. The lowest BCUT2D eigenvalue weighted by molar-refractivity contribution is -0.127. The molecule has 0 aliphatic carbocycles. The van der Waals surface area contributed by atoms with Gasteiger partial charge in [0, 0.05) is 37.5 Å². The molecule has 0 radical (unpaired) electrons. The number of aryl methyl sites for hydroxylation is 1. The Morgan fingerprint density at radius 2 is 2.23 bits per heavy atom. The van der Waals surface area contributed by atoms with Gasteiger partial charge in [0.2, 0.25) is 5.91 Å². The Labute approximate surface area is 129 Å². The average molecular weight is 294 g/mol. The number of hydrogen-bond acceptors (Lipinski definition) is 4. The molecule has 2 aromatic rings. The van der Waals surface area contributed by atoms with E-state index in [0.29, 0.717) is 19.4 Å². The average Bonchev–Trinajstić information content (AvgIpc) is 2.93. The van der Waals surface area contributed by atoms with Gasteiger partial charge in [0.05, 0.1) is 11.4 Å². The van der Waals surface area contributed by atoms with Gasteiger partial charge in [-0.2, -0.15) is 5.10 Å². The fraction of sp³-hybridized carbons (Fsp3) is 0.294. The number of pyridine rings is 2. The highest BCUT2D eigenvalue weighted by molar-refractivity contribution is 6.00. The largest absolute Gasteiger partial charge is 0.273 e. The third-order valence-electron chi connectivity index (χ3n) is 3.57. The molecular weight excluding hydrogens is 276 g/mol. The van der Waals surface area contributed by atoms with Crippen molar-refractivity contribution in [3.8, 4) is 0 Å². The zero-order valence-electron chi connectivity index (χ0n) is 12.6. The lowest BCUT2D eigenvalue weighted by Gasteiger charge is -2.13. The lowest BCUT2D eigenvalue weighted by atomic mass is 10.1. The molecule has 1 aliphatic rings. The minimum atomic E-state index is 0.0799. The standard InChI is InChI=1S/C17H18N4O/c1-13-5-2-7-15(19-13)16(11-14-6-3-9-18-12-14)20-21-10-4-8-17(21)22/h2-3,5-7,9,12H,4,8,10-11H2,1H3/b20-16+. The third-order valence-corrected chi connectivity index (χ3v) is 3.57. The molecule has 0 atom stereocenters. The van der Waals surface area contributed by atoms with Gasteiger partial charge in [-0.1, -0.05) is 12.1 Å². The molecule has 1 fully saturated rings. The second-order valence-corrected chi connectivity index (χ2v) is 5.37. The summed E-state index contributed by atoms with van der Waals surface area (Å²) in [5, 5.41) is 6.14. The van der Waals surface area contributed by atoms with Crippen LogP contribution in [0.5, 0.6) is 0 Å². The van der Waals surface area contributed by atoms with E-state index in [4.69, 9.17) is 0 Å². The normalized spacial score (nSPS) is 15.4. The second-order valence-electron chi connectivity index (χ2n) is 5.37. The molecule has 1 aliphatic heterocycles. The molecule has 3 rings (SSSR count). The number of carbonyl (C=O) groups excluding carboxylic acids is 1. The molecule has 3 heterocycles. The second kappa shape index (κ2) is 6.47. The highest BCUT2D eigenvalue weighted by Gasteiger charge is 2.21. The molecule has 0 bridgehead atoms. The summed E-state index contributed by atoms with van der Waals surface area (Å²) in [6.45, 7) is 2.63. The van der Waals surface area contributed by atoms with Crippen molar-refractivity contribution >= 4 is 11.6 Å². The minimum absolute atomic E-state index is 0.0799. The van der Waals surface area contributed by atoms with Gasteiger partial charge in [-0.25, -0.2) is 5.01 Å². The summed E-state index contributed by atoms with van der Waals surface area (Å²) in [6.07, 6.45) is 5.61. The van der Waals surface area contributed by atoms with E-state index in [1.807, 2.05) is 43.5 Å². The molecule has 0 saturated carbocycles. The molecule has 0 spiro atoms. The summed E-state index contributed by atoms with van der Waals surface area (Å²) in [5.41, 5.74) is 3.59. The molecule has 1 amide bonds. The molecule has 2 aromatic heterocycles. The topological polar surface area (TPSA) is 58.5 Å². The van der Waals surface area contributed by atoms with Gasteiger partial charge >= 0.3 is 0 Å². The van der Waals surface area contributed by atoms with Crippen molar-refractivity contribution in [2.45, 2.75) is 26.2 Å². The van der Waals surface area contributed by atoms with Crippen LogP contribution in [0.2, 0.25) is 0 Å². The Balaban J connectivity index is 1.94. The number of nitrogens with zero attached hydrogens (tertiary/aromatic N) is 4. The van der Waals surface area contributed by atoms with Crippen LogP contribution in [0, 0.1) is 6.92 Å². The van der Waals surface area contributed by atoms with Crippen molar-refractivity contribution in [1.82, 2.24) is 15.0 Å². The van der Waals surface area contributed by atoms with Crippen LogP contribution in [-0.4, -0.2) is 33.1 Å². The van der Waals surface area contributed by atoms with Crippen LogP contribution < -0.4 is 0 Å². The maximum absolute atomic E-state index is 11.8. The number of carbonyl (C=O) groups is 1. The van der Waals surface area contributed by atoms with E-state index in [1.165, 1.54) is 0 Å². The molecular formula is C17H18N4O. The quantitative estimate of drug-likeness (QED) is 0.813. The summed E-state index contributed by atoms with van der Waals surface area (Å²) in [7, 11) is 0. The number of aromatic nitrogens is 2.